The Labute approximate surface area is 153 Å². The standard InChI is InChI=1S/C20H24ClN3O/c1-13(11-22)3-4-15-5-10-18-20(14(15)2)24-19(23-18)12-25-17-8-6-16(21)7-9-17/h5-10,13H,3-4,11-12,22H2,1-2H3,(H,23,24). The van der Waals surface area contributed by atoms with Gasteiger partial charge in [0, 0.05) is 5.02 Å². The minimum atomic E-state index is 0.398. The number of nitrogens with one attached hydrogen (secondary N) is 1. The SMILES string of the molecule is Cc1c(CCC(C)CN)ccc2[nH]c(COc3ccc(Cl)cc3)nc12. The number of imidazole rings is 1. The molecule has 0 aliphatic carbocycles. The highest BCUT2D eigenvalue weighted by Gasteiger charge is 2.10. The van der Waals surface area contributed by atoms with Crippen LogP contribution in [0.25, 0.3) is 11.0 Å². The molecule has 2 aromatic carbocycles. The predicted molar refractivity (Wildman–Crippen MR) is 103 cm³/mol. The number of nitrogens with zero attached hydrogens (tertiary/aromatic N) is 1. The largest absolute Gasteiger partial charge is 0.486 e. The molecule has 0 amide bonds. The first-order chi connectivity index (χ1) is 12.1. The van der Waals surface area contributed by atoms with E-state index in [-0.39, 0.29) is 0 Å². The number of rotatable bonds is 7. The summed E-state index contributed by atoms with van der Waals surface area (Å²) < 4.78 is 5.77. The number of aromatic nitrogens is 2. The van der Waals surface area contributed by atoms with Crippen LogP contribution in [0.5, 0.6) is 5.75 Å². The maximum Gasteiger partial charge on any atom is 0.146 e. The number of hydrogen-bond donors (Lipinski definition) is 2. The molecule has 3 N–H and O–H groups in total. The van der Waals surface area contributed by atoms with Crippen molar-refractivity contribution in [2.24, 2.45) is 11.7 Å². The molecule has 5 heteroatoms. The summed E-state index contributed by atoms with van der Waals surface area (Å²) >= 11 is 5.89. The molecule has 0 bridgehead atoms. The van der Waals surface area contributed by atoms with Crippen LogP contribution < -0.4 is 10.5 Å². The molecule has 0 aliphatic heterocycles. The average Bonchev–Trinajstić information content (AvgIpc) is 3.04. The van der Waals surface area contributed by atoms with E-state index in [9.17, 15) is 0 Å². The van der Waals surface area contributed by atoms with E-state index in [1.165, 1.54) is 11.1 Å². The van der Waals surface area contributed by atoms with Gasteiger partial charge in [0.05, 0.1) is 11.0 Å². The highest BCUT2D eigenvalue weighted by Crippen LogP contribution is 2.23. The van der Waals surface area contributed by atoms with Crippen molar-refractivity contribution in [2.45, 2.75) is 33.3 Å². The number of hydrogen-bond acceptors (Lipinski definition) is 3. The summed E-state index contributed by atoms with van der Waals surface area (Å²) in [5.74, 6) is 2.14. The Morgan fingerprint density at radius 2 is 1.96 bits per heavy atom. The third-order valence-electron chi connectivity index (χ3n) is 4.57. The summed E-state index contributed by atoms with van der Waals surface area (Å²) in [6, 6.07) is 11.6. The molecule has 0 radical (unpaired) electrons. The minimum absolute atomic E-state index is 0.398. The Morgan fingerprint density at radius 3 is 2.68 bits per heavy atom. The number of aryl methyl sites for hydroxylation is 2. The van der Waals surface area contributed by atoms with Gasteiger partial charge in [-0.2, -0.15) is 0 Å². The molecule has 4 nitrogen and oxygen atoms in total. The van der Waals surface area contributed by atoms with Crippen LogP contribution >= 0.6 is 11.6 Å². The zero-order chi connectivity index (χ0) is 17.8. The lowest BCUT2D eigenvalue weighted by atomic mass is 9.97. The van der Waals surface area contributed by atoms with Gasteiger partial charge in [-0.3, -0.25) is 0 Å². The van der Waals surface area contributed by atoms with Crippen LogP contribution in [0, 0.1) is 12.8 Å². The molecular weight excluding hydrogens is 334 g/mol. The van der Waals surface area contributed by atoms with Gasteiger partial charge in [-0.15, -0.1) is 0 Å². The van der Waals surface area contributed by atoms with Crippen LogP contribution in [0.15, 0.2) is 36.4 Å². The van der Waals surface area contributed by atoms with E-state index >= 15 is 0 Å². The molecule has 0 saturated heterocycles. The summed E-state index contributed by atoms with van der Waals surface area (Å²) in [4.78, 5) is 8.06. The topological polar surface area (TPSA) is 63.9 Å². The number of aromatic amines is 1. The summed E-state index contributed by atoms with van der Waals surface area (Å²) in [5, 5.41) is 0.697. The van der Waals surface area contributed by atoms with Crippen LogP contribution in [-0.2, 0) is 13.0 Å². The predicted octanol–water partition coefficient (Wildman–Crippen LogP) is 4.63. The summed E-state index contributed by atoms with van der Waals surface area (Å²) in [5.41, 5.74) is 10.4. The van der Waals surface area contributed by atoms with Crippen LogP contribution in [0.2, 0.25) is 5.02 Å². The quantitative estimate of drug-likeness (QED) is 0.647. The van der Waals surface area contributed by atoms with E-state index in [2.05, 4.69) is 31.0 Å². The number of ether oxygens (including phenoxy) is 1. The number of fused-ring (bicyclic) bond motifs is 1. The first kappa shape index (κ1) is 17.8. The van der Waals surface area contributed by atoms with Gasteiger partial charge in [0.1, 0.15) is 18.2 Å². The van der Waals surface area contributed by atoms with Gasteiger partial charge in [-0.1, -0.05) is 24.6 Å². The molecular formula is C20H24ClN3O. The summed E-state index contributed by atoms with van der Waals surface area (Å²) in [7, 11) is 0. The third kappa shape index (κ3) is 4.33. The molecule has 0 fully saturated rings. The van der Waals surface area contributed by atoms with Crippen molar-refractivity contribution in [3.8, 4) is 5.75 Å². The van der Waals surface area contributed by atoms with E-state index in [1.54, 1.807) is 0 Å². The second kappa shape index (κ2) is 7.89. The lowest BCUT2D eigenvalue weighted by Gasteiger charge is -2.10. The van der Waals surface area contributed by atoms with Crippen molar-refractivity contribution in [2.75, 3.05) is 6.54 Å². The number of benzene rings is 2. The van der Waals surface area contributed by atoms with Crippen molar-refractivity contribution in [3.05, 3.63) is 58.4 Å². The lowest BCUT2D eigenvalue weighted by Crippen LogP contribution is -2.11. The maximum absolute atomic E-state index is 5.89. The fraction of sp³-hybridized carbons (Fsp3) is 0.350. The Morgan fingerprint density at radius 1 is 1.20 bits per heavy atom. The number of halogens is 1. The first-order valence-corrected chi connectivity index (χ1v) is 9.00. The van der Waals surface area contributed by atoms with Crippen LogP contribution in [0.1, 0.15) is 30.3 Å². The van der Waals surface area contributed by atoms with Crippen LogP contribution in [0.4, 0.5) is 0 Å². The molecule has 132 valence electrons. The molecule has 3 aromatic rings. The zero-order valence-corrected chi connectivity index (χ0v) is 15.4. The Balaban J connectivity index is 1.73. The molecule has 25 heavy (non-hydrogen) atoms. The second-order valence-electron chi connectivity index (χ2n) is 6.55. The van der Waals surface area contributed by atoms with Gasteiger partial charge in [0.25, 0.3) is 0 Å². The zero-order valence-electron chi connectivity index (χ0n) is 14.7. The molecule has 1 atom stereocenters. The van der Waals surface area contributed by atoms with Gasteiger partial charge in [0.2, 0.25) is 0 Å². The first-order valence-electron chi connectivity index (χ1n) is 8.62. The normalized spacial score (nSPS) is 12.5. The molecule has 1 heterocycles. The Hall–Kier alpha value is -2.04. The van der Waals surface area contributed by atoms with Gasteiger partial charge >= 0.3 is 0 Å². The van der Waals surface area contributed by atoms with Crippen molar-refractivity contribution >= 4 is 22.6 Å². The highest BCUT2D eigenvalue weighted by molar-refractivity contribution is 6.30. The van der Waals surface area contributed by atoms with Gasteiger partial charge in [-0.25, -0.2) is 4.98 Å². The molecule has 3 rings (SSSR count). The molecule has 0 spiro atoms. The van der Waals surface area contributed by atoms with Crippen molar-refractivity contribution < 1.29 is 4.74 Å². The van der Waals surface area contributed by atoms with Crippen molar-refractivity contribution in [1.29, 1.82) is 0 Å². The third-order valence-corrected chi connectivity index (χ3v) is 4.82. The minimum Gasteiger partial charge on any atom is -0.486 e. The molecule has 0 aliphatic rings. The number of nitrogens with two attached hydrogens (primary N) is 1. The van der Waals surface area contributed by atoms with E-state index in [4.69, 9.17) is 27.1 Å². The average molecular weight is 358 g/mol. The Kier molecular flexibility index (Phi) is 5.61. The fourth-order valence-corrected chi connectivity index (χ4v) is 2.97. The fourth-order valence-electron chi connectivity index (χ4n) is 2.85. The lowest BCUT2D eigenvalue weighted by molar-refractivity contribution is 0.297. The molecule has 1 unspecified atom stereocenters. The Bertz CT molecular complexity index is 842. The van der Waals surface area contributed by atoms with E-state index < -0.39 is 0 Å². The van der Waals surface area contributed by atoms with Crippen LogP contribution in [-0.4, -0.2) is 16.5 Å². The van der Waals surface area contributed by atoms with Gasteiger partial charge in [-0.05, 0) is 73.7 Å². The van der Waals surface area contributed by atoms with E-state index in [1.807, 2.05) is 24.3 Å². The summed E-state index contributed by atoms with van der Waals surface area (Å²) in [6.45, 7) is 5.45. The van der Waals surface area contributed by atoms with E-state index in [0.717, 1.165) is 42.0 Å². The molecule has 0 saturated carbocycles. The van der Waals surface area contributed by atoms with E-state index in [0.29, 0.717) is 17.5 Å². The smallest absolute Gasteiger partial charge is 0.146 e. The molecule has 1 aromatic heterocycles. The van der Waals surface area contributed by atoms with Crippen LogP contribution in [0.3, 0.4) is 0 Å². The van der Waals surface area contributed by atoms with Gasteiger partial charge in [0.15, 0.2) is 0 Å². The van der Waals surface area contributed by atoms with Crippen molar-refractivity contribution in [3.63, 3.8) is 0 Å². The highest BCUT2D eigenvalue weighted by atomic mass is 35.5. The second-order valence-corrected chi connectivity index (χ2v) is 6.99. The maximum atomic E-state index is 5.89. The van der Waals surface area contributed by atoms with Crippen molar-refractivity contribution in [1.82, 2.24) is 9.97 Å². The number of H-pyrrole nitrogens is 1. The monoisotopic (exact) mass is 357 g/mol. The van der Waals surface area contributed by atoms with Gasteiger partial charge < -0.3 is 15.5 Å². The summed E-state index contributed by atoms with van der Waals surface area (Å²) in [6.07, 6.45) is 2.13.